The van der Waals surface area contributed by atoms with Crippen LogP contribution in [0.3, 0.4) is 0 Å². The van der Waals surface area contributed by atoms with Crippen molar-refractivity contribution in [2.45, 2.75) is 25.8 Å². The van der Waals surface area contributed by atoms with Crippen LogP contribution in [0.2, 0.25) is 0 Å². The van der Waals surface area contributed by atoms with Gasteiger partial charge in [-0.3, -0.25) is 15.0 Å². The number of benzene rings is 1. The Morgan fingerprint density at radius 3 is 2.95 bits per heavy atom. The van der Waals surface area contributed by atoms with Crippen molar-refractivity contribution in [1.29, 1.82) is 0 Å². The molecule has 0 unspecified atom stereocenters. The number of likely N-dealkylation sites (tertiary alicyclic amines) is 1. The van der Waals surface area contributed by atoms with Gasteiger partial charge in [-0.1, -0.05) is 6.92 Å². The van der Waals surface area contributed by atoms with Crippen LogP contribution in [-0.2, 0) is 4.74 Å². The largest absolute Gasteiger partial charge is 0.465 e. The first-order valence-corrected chi connectivity index (χ1v) is 7.41. The van der Waals surface area contributed by atoms with Crippen LogP contribution in [0.1, 0.15) is 30.1 Å². The lowest BCUT2D eigenvalue weighted by atomic mass is 10.1. The van der Waals surface area contributed by atoms with Gasteiger partial charge in [0.05, 0.1) is 17.6 Å². The lowest BCUT2D eigenvalue weighted by Gasteiger charge is -2.23. The molecule has 1 aromatic carbocycles. The molecular weight excluding hydrogens is 286 g/mol. The van der Waals surface area contributed by atoms with Gasteiger partial charge in [0.15, 0.2) is 0 Å². The molecule has 0 radical (unpaired) electrons. The minimum Gasteiger partial charge on any atom is -0.465 e. The average Bonchev–Trinajstić information content (AvgIpc) is 2.99. The minimum atomic E-state index is -0.506. The summed E-state index contributed by atoms with van der Waals surface area (Å²) in [7, 11) is 1.29. The van der Waals surface area contributed by atoms with Crippen LogP contribution in [0.25, 0.3) is 0 Å². The highest BCUT2D eigenvalue weighted by molar-refractivity contribution is 5.91. The summed E-state index contributed by atoms with van der Waals surface area (Å²) in [6, 6.07) is 4.59. The number of nitrogens with zero attached hydrogens (tertiary/aromatic N) is 2. The van der Waals surface area contributed by atoms with E-state index in [2.05, 4.69) is 21.9 Å². The van der Waals surface area contributed by atoms with Gasteiger partial charge in [-0.2, -0.15) is 0 Å². The maximum Gasteiger partial charge on any atom is 0.337 e. The molecule has 0 saturated carbocycles. The molecular formula is C15H21N3O4. The van der Waals surface area contributed by atoms with E-state index in [-0.39, 0.29) is 5.69 Å². The Labute approximate surface area is 129 Å². The van der Waals surface area contributed by atoms with E-state index < -0.39 is 10.9 Å². The molecule has 0 amide bonds. The van der Waals surface area contributed by atoms with E-state index in [1.807, 2.05) is 0 Å². The normalized spacial score (nSPS) is 18.2. The van der Waals surface area contributed by atoms with Crippen LogP contribution < -0.4 is 5.32 Å². The van der Waals surface area contributed by atoms with Crippen molar-refractivity contribution in [2.75, 3.05) is 32.1 Å². The molecule has 1 aliphatic heterocycles. The summed E-state index contributed by atoms with van der Waals surface area (Å²) in [5, 5.41) is 14.3. The molecule has 0 aromatic heterocycles. The van der Waals surface area contributed by atoms with Gasteiger partial charge in [0, 0.05) is 18.7 Å². The number of esters is 1. The summed E-state index contributed by atoms with van der Waals surface area (Å²) >= 11 is 0. The van der Waals surface area contributed by atoms with E-state index in [4.69, 9.17) is 0 Å². The van der Waals surface area contributed by atoms with E-state index >= 15 is 0 Å². The van der Waals surface area contributed by atoms with Crippen LogP contribution in [-0.4, -0.2) is 48.6 Å². The highest BCUT2D eigenvalue weighted by atomic mass is 16.6. The third-order valence-corrected chi connectivity index (χ3v) is 4.05. The maximum atomic E-state index is 11.6. The molecule has 1 saturated heterocycles. The Morgan fingerprint density at radius 2 is 2.32 bits per heavy atom. The van der Waals surface area contributed by atoms with E-state index in [1.54, 1.807) is 0 Å². The number of hydrogen-bond acceptors (Lipinski definition) is 6. The predicted octanol–water partition coefficient (Wildman–Crippen LogP) is 2.28. The molecule has 1 fully saturated rings. The van der Waals surface area contributed by atoms with Gasteiger partial charge in [0.1, 0.15) is 5.69 Å². The zero-order valence-electron chi connectivity index (χ0n) is 12.9. The number of methoxy groups -OCH3 is 1. The smallest absolute Gasteiger partial charge is 0.337 e. The standard InChI is InChI=1S/C15H21N3O4/c1-3-17-8-4-5-12(17)10-16-13-9-11(15(19)22-2)6-7-14(13)18(20)21/h6-7,9,12,16H,3-5,8,10H2,1-2H3/t12-/m0/s1. The van der Waals surface area contributed by atoms with Crippen LogP contribution in [0.4, 0.5) is 11.4 Å². The van der Waals surface area contributed by atoms with Crippen LogP contribution in [0, 0.1) is 10.1 Å². The van der Waals surface area contributed by atoms with E-state index in [0.29, 0.717) is 23.8 Å². The number of likely N-dealkylation sites (N-methyl/N-ethyl adjacent to an activating group) is 1. The minimum absolute atomic E-state index is 0.0336. The van der Waals surface area contributed by atoms with Crippen molar-refractivity contribution in [3.8, 4) is 0 Å². The van der Waals surface area contributed by atoms with Crippen molar-refractivity contribution < 1.29 is 14.5 Å². The first-order valence-electron chi connectivity index (χ1n) is 7.41. The fourth-order valence-corrected chi connectivity index (χ4v) is 2.85. The molecule has 1 atom stereocenters. The molecule has 0 bridgehead atoms. The molecule has 120 valence electrons. The fraction of sp³-hybridized carbons (Fsp3) is 0.533. The predicted molar refractivity (Wildman–Crippen MR) is 83.2 cm³/mol. The Balaban J connectivity index is 2.16. The molecule has 1 N–H and O–H groups in total. The Hall–Kier alpha value is -2.15. The average molecular weight is 307 g/mol. The summed E-state index contributed by atoms with van der Waals surface area (Å²) in [6.45, 7) is 4.77. The topological polar surface area (TPSA) is 84.7 Å². The first kappa shape index (κ1) is 16.2. The summed E-state index contributed by atoms with van der Waals surface area (Å²) in [5.74, 6) is -0.506. The third kappa shape index (κ3) is 3.54. The summed E-state index contributed by atoms with van der Waals surface area (Å²) in [6.07, 6.45) is 2.22. The van der Waals surface area contributed by atoms with Gasteiger partial charge >= 0.3 is 5.97 Å². The van der Waals surface area contributed by atoms with E-state index in [1.165, 1.54) is 25.3 Å². The molecule has 7 nitrogen and oxygen atoms in total. The SMILES string of the molecule is CCN1CCC[C@H]1CNc1cc(C(=O)OC)ccc1[N+](=O)[O-]. The zero-order chi connectivity index (χ0) is 16.1. The monoisotopic (exact) mass is 307 g/mol. The van der Waals surface area contributed by atoms with E-state index in [9.17, 15) is 14.9 Å². The van der Waals surface area contributed by atoms with Crippen LogP contribution in [0.5, 0.6) is 0 Å². The first-order chi connectivity index (χ1) is 10.6. The van der Waals surface area contributed by atoms with Crippen molar-refractivity contribution in [3.05, 3.63) is 33.9 Å². The number of nitro benzene ring substituents is 1. The van der Waals surface area contributed by atoms with Crippen molar-refractivity contribution >= 4 is 17.3 Å². The van der Waals surface area contributed by atoms with Crippen molar-refractivity contribution in [3.63, 3.8) is 0 Å². The third-order valence-electron chi connectivity index (χ3n) is 4.05. The van der Waals surface area contributed by atoms with E-state index in [0.717, 1.165) is 25.9 Å². The molecule has 1 heterocycles. The molecule has 1 aliphatic rings. The highest BCUT2D eigenvalue weighted by Gasteiger charge is 2.24. The fourth-order valence-electron chi connectivity index (χ4n) is 2.85. The molecule has 0 spiro atoms. The molecule has 22 heavy (non-hydrogen) atoms. The Morgan fingerprint density at radius 1 is 1.55 bits per heavy atom. The quantitative estimate of drug-likeness (QED) is 0.493. The van der Waals surface area contributed by atoms with Crippen molar-refractivity contribution in [1.82, 2.24) is 4.90 Å². The lowest BCUT2D eigenvalue weighted by Crippen LogP contribution is -2.34. The lowest BCUT2D eigenvalue weighted by molar-refractivity contribution is -0.384. The number of carbonyl (C=O) groups excluding carboxylic acids is 1. The molecule has 7 heteroatoms. The number of anilines is 1. The van der Waals surface area contributed by atoms with Crippen LogP contribution in [0.15, 0.2) is 18.2 Å². The highest BCUT2D eigenvalue weighted by Crippen LogP contribution is 2.27. The maximum absolute atomic E-state index is 11.6. The summed E-state index contributed by atoms with van der Waals surface area (Å²) in [5.41, 5.74) is 0.624. The molecule has 0 aliphatic carbocycles. The van der Waals surface area contributed by atoms with Gasteiger partial charge < -0.3 is 10.1 Å². The number of nitro groups is 1. The summed E-state index contributed by atoms with van der Waals surface area (Å²) in [4.78, 5) is 24.6. The van der Waals surface area contributed by atoms with Crippen molar-refractivity contribution in [2.24, 2.45) is 0 Å². The number of carbonyl (C=O) groups is 1. The van der Waals surface area contributed by atoms with Gasteiger partial charge in [-0.15, -0.1) is 0 Å². The van der Waals surface area contributed by atoms with Crippen LogP contribution >= 0.6 is 0 Å². The second-order valence-corrected chi connectivity index (χ2v) is 5.29. The number of hydrogen-bond donors (Lipinski definition) is 1. The summed E-state index contributed by atoms with van der Waals surface area (Å²) < 4.78 is 4.66. The Kier molecular flexibility index (Phi) is 5.32. The van der Waals surface area contributed by atoms with Gasteiger partial charge in [-0.25, -0.2) is 4.79 Å². The second-order valence-electron chi connectivity index (χ2n) is 5.29. The second kappa shape index (κ2) is 7.22. The zero-order valence-corrected chi connectivity index (χ0v) is 12.9. The molecule has 1 aromatic rings. The number of ether oxygens (including phenoxy) is 1. The number of rotatable bonds is 6. The van der Waals surface area contributed by atoms with Gasteiger partial charge in [-0.05, 0) is 38.1 Å². The van der Waals surface area contributed by atoms with Gasteiger partial charge in [0.25, 0.3) is 5.69 Å². The number of nitrogens with one attached hydrogen (secondary N) is 1. The Bertz CT molecular complexity index is 562. The molecule has 2 rings (SSSR count). The van der Waals surface area contributed by atoms with Gasteiger partial charge in [0.2, 0.25) is 0 Å².